The highest BCUT2D eigenvalue weighted by molar-refractivity contribution is 5.79. The van der Waals surface area contributed by atoms with E-state index in [1.807, 2.05) is 0 Å². The monoisotopic (exact) mass is 516 g/mol. The number of phenols is 1. The summed E-state index contributed by atoms with van der Waals surface area (Å²) in [5.41, 5.74) is 1.19. The molecular formula is C27H27F3N2O5. The zero-order chi connectivity index (χ0) is 27.2. The van der Waals surface area contributed by atoms with Crippen LogP contribution in [0.5, 0.6) is 11.5 Å². The van der Waals surface area contributed by atoms with Crippen molar-refractivity contribution in [2.24, 2.45) is 0 Å². The topological polar surface area (TPSA) is 108 Å². The number of ether oxygens (including phenoxy) is 1. The summed E-state index contributed by atoms with van der Waals surface area (Å²) >= 11 is 0. The Morgan fingerprint density at radius 2 is 1.76 bits per heavy atom. The lowest BCUT2D eigenvalue weighted by atomic mass is 9.90. The largest absolute Gasteiger partial charge is 0.508 e. The van der Waals surface area contributed by atoms with E-state index < -0.39 is 29.8 Å². The second-order valence-corrected chi connectivity index (χ2v) is 8.36. The minimum absolute atomic E-state index is 0.0406. The van der Waals surface area contributed by atoms with Gasteiger partial charge in [0, 0.05) is 12.1 Å². The lowest BCUT2D eigenvalue weighted by molar-refractivity contribution is -0.138. The summed E-state index contributed by atoms with van der Waals surface area (Å²) in [5, 5.41) is 24.1. The molecule has 7 nitrogen and oxygen atoms in total. The smallest absolute Gasteiger partial charge is 0.416 e. The van der Waals surface area contributed by atoms with Crippen LogP contribution in [0, 0.1) is 0 Å². The number of benzene rings is 3. The van der Waals surface area contributed by atoms with Gasteiger partial charge in [-0.15, -0.1) is 0 Å². The zero-order valence-electron chi connectivity index (χ0n) is 20.2. The molecule has 10 heteroatoms. The first-order valence-corrected chi connectivity index (χ1v) is 11.4. The van der Waals surface area contributed by atoms with Crippen LogP contribution in [0.3, 0.4) is 0 Å². The molecule has 0 aliphatic heterocycles. The Labute approximate surface area is 211 Å². The maximum atomic E-state index is 13.6. The van der Waals surface area contributed by atoms with Crippen LogP contribution in [0.4, 0.5) is 18.0 Å². The second-order valence-electron chi connectivity index (χ2n) is 8.36. The molecule has 4 N–H and O–H groups in total. The summed E-state index contributed by atoms with van der Waals surface area (Å²) in [4.78, 5) is 23.9. The predicted octanol–water partition coefficient (Wildman–Crippen LogP) is 5.66. The maximum Gasteiger partial charge on any atom is 0.416 e. The summed E-state index contributed by atoms with van der Waals surface area (Å²) in [6, 6.07) is 12.8. The number of carbonyl (C=O) groups excluding carboxylic acids is 1. The van der Waals surface area contributed by atoms with E-state index in [0.717, 1.165) is 12.1 Å². The highest BCUT2D eigenvalue weighted by Crippen LogP contribution is 2.40. The van der Waals surface area contributed by atoms with Gasteiger partial charge in [0.15, 0.2) is 0 Å². The number of amides is 2. The molecule has 3 aromatic rings. The number of methoxy groups -OCH3 is 1. The van der Waals surface area contributed by atoms with Crippen molar-refractivity contribution in [1.29, 1.82) is 0 Å². The fourth-order valence-corrected chi connectivity index (χ4v) is 3.98. The Bertz CT molecular complexity index is 1280. The molecule has 37 heavy (non-hydrogen) atoms. The molecule has 0 saturated heterocycles. The van der Waals surface area contributed by atoms with Gasteiger partial charge in [0.25, 0.3) is 0 Å². The first kappa shape index (κ1) is 27.4. The van der Waals surface area contributed by atoms with Crippen LogP contribution < -0.4 is 15.4 Å². The van der Waals surface area contributed by atoms with Crippen LogP contribution in [0.2, 0.25) is 0 Å². The SMILES string of the molecule is CCC(NC(=O)NCc1cccc(O)c1)c1cc(C(F)(F)F)ccc1-c1cc(CC(=O)O)ccc1OC. The van der Waals surface area contributed by atoms with Gasteiger partial charge in [-0.3, -0.25) is 4.79 Å². The van der Waals surface area contributed by atoms with Crippen molar-refractivity contribution < 1.29 is 37.7 Å². The average molecular weight is 517 g/mol. The van der Waals surface area contributed by atoms with Gasteiger partial charge in [-0.2, -0.15) is 13.2 Å². The lowest BCUT2D eigenvalue weighted by Gasteiger charge is -2.24. The molecule has 0 bridgehead atoms. The van der Waals surface area contributed by atoms with Crippen LogP contribution in [0.15, 0.2) is 60.7 Å². The van der Waals surface area contributed by atoms with Crippen molar-refractivity contribution in [1.82, 2.24) is 10.6 Å². The minimum atomic E-state index is -4.61. The normalized spacial score (nSPS) is 12.0. The first-order chi connectivity index (χ1) is 17.5. The van der Waals surface area contributed by atoms with E-state index in [4.69, 9.17) is 4.74 Å². The molecule has 0 spiro atoms. The Morgan fingerprint density at radius 1 is 1.00 bits per heavy atom. The van der Waals surface area contributed by atoms with Gasteiger partial charge in [-0.1, -0.05) is 31.2 Å². The number of nitrogens with one attached hydrogen (secondary N) is 2. The maximum absolute atomic E-state index is 13.6. The molecule has 1 atom stereocenters. The van der Waals surface area contributed by atoms with Crippen LogP contribution in [-0.2, 0) is 23.9 Å². The molecule has 0 aliphatic carbocycles. The fraction of sp³-hybridized carbons (Fsp3) is 0.259. The fourth-order valence-electron chi connectivity index (χ4n) is 3.98. The lowest BCUT2D eigenvalue weighted by Crippen LogP contribution is -2.37. The van der Waals surface area contributed by atoms with Crippen molar-refractivity contribution >= 4 is 12.0 Å². The Hall–Kier alpha value is -4.21. The second kappa shape index (κ2) is 11.7. The third-order valence-electron chi connectivity index (χ3n) is 5.74. The third kappa shape index (κ3) is 7.16. The molecule has 196 valence electrons. The number of hydrogen-bond donors (Lipinski definition) is 4. The van der Waals surface area contributed by atoms with Gasteiger partial charge in [0.1, 0.15) is 11.5 Å². The van der Waals surface area contributed by atoms with E-state index in [1.165, 1.54) is 25.3 Å². The zero-order valence-corrected chi connectivity index (χ0v) is 20.2. The summed E-state index contributed by atoms with van der Waals surface area (Å²) in [5.74, 6) is -0.669. The van der Waals surface area contributed by atoms with Crippen LogP contribution in [0.1, 0.15) is 41.6 Å². The number of rotatable bonds is 9. The van der Waals surface area contributed by atoms with E-state index in [1.54, 1.807) is 37.3 Å². The van der Waals surface area contributed by atoms with E-state index in [9.17, 15) is 33.0 Å². The third-order valence-corrected chi connectivity index (χ3v) is 5.74. The number of urea groups is 1. The molecular weight excluding hydrogens is 489 g/mol. The van der Waals surface area contributed by atoms with Gasteiger partial charge in [-0.05, 0) is 65.1 Å². The number of alkyl halides is 3. The Kier molecular flexibility index (Phi) is 8.65. The number of hydrogen-bond acceptors (Lipinski definition) is 4. The molecule has 0 heterocycles. The number of carboxylic acids is 1. The standard InChI is InChI=1S/C27H27F3N2O5/c1-3-23(32-26(36)31-15-17-5-4-6-19(33)11-17)21-14-18(27(28,29)30)8-9-20(21)22-12-16(13-25(34)35)7-10-24(22)37-2/h4-12,14,23,33H,3,13,15H2,1-2H3,(H,34,35)(H2,31,32,36). The van der Waals surface area contributed by atoms with Gasteiger partial charge >= 0.3 is 18.2 Å². The minimum Gasteiger partial charge on any atom is -0.508 e. The first-order valence-electron chi connectivity index (χ1n) is 11.4. The number of carboxylic acid groups (broad SMARTS) is 1. The van der Waals surface area contributed by atoms with Gasteiger partial charge in [0.2, 0.25) is 0 Å². The number of phenolic OH excluding ortho intramolecular Hbond substituents is 1. The number of aromatic hydroxyl groups is 1. The molecule has 1 unspecified atom stereocenters. The molecule has 3 aromatic carbocycles. The van der Waals surface area contributed by atoms with Crippen molar-refractivity contribution in [3.05, 3.63) is 82.9 Å². The molecule has 2 amide bonds. The molecule has 0 radical (unpaired) electrons. The molecule has 0 saturated carbocycles. The Balaban J connectivity index is 2.00. The highest BCUT2D eigenvalue weighted by atomic mass is 19.4. The van der Waals surface area contributed by atoms with Crippen molar-refractivity contribution in [2.45, 2.75) is 38.5 Å². The molecule has 0 fully saturated rings. The van der Waals surface area contributed by atoms with Crippen molar-refractivity contribution in [2.75, 3.05) is 7.11 Å². The number of carbonyl (C=O) groups is 2. The summed E-state index contributed by atoms with van der Waals surface area (Å²) < 4.78 is 46.3. The van der Waals surface area contributed by atoms with E-state index >= 15 is 0 Å². The molecule has 0 aliphatic rings. The number of halogens is 3. The van der Waals surface area contributed by atoms with Crippen molar-refractivity contribution in [3.63, 3.8) is 0 Å². The average Bonchev–Trinajstić information content (AvgIpc) is 2.85. The molecule has 3 rings (SSSR count). The highest BCUT2D eigenvalue weighted by Gasteiger charge is 2.32. The molecule has 0 aromatic heterocycles. The number of aliphatic carboxylic acids is 1. The summed E-state index contributed by atoms with van der Waals surface area (Å²) in [6.07, 6.45) is -4.62. The predicted molar refractivity (Wildman–Crippen MR) is 131 cm³/mol. The van der Waals surface area contributed by atoms with Crippen molar-refractivity contribution in [3.8, 4) is 22.6 Å². The Morgan fingerprint density at radius 3 is 2.38 bits per heavy atom. The summed E-state index contributed by atoms with van der Waals surface area (Å²) in [7, 11) is 1.41. The van der Waals surface area contributed by atoms with Crippen LogP contribution in [-0.4, -0.2) is 29.3 Å². The van der Waals surface area contributed by atoms with Gasteiger partial charge in [0.05, 0.1) is 25.1 Å². The van der Waals surface area contributed by atoms with E-state index in [2.05, 4.69) is 10.6 Å². The van der Waals surface area contributed by atoms with Gasteiger partial charge < -0.3 is 25.6 Å². The van der Waals surface area contributed by atoms with E-state index in [0.29, 0.717) is 28.0 Å². The summed E-state index contributed by atoms with van der Waals surface area (Å²) in [6.45, 7) is 1.82. The van der Waals surface area contributed by atoms with E-state index in [-0.39, 0.29) is 30.7 Å². The van der Waals surface area contributed by atoms with Crippen LogP contribution in [0.25, 0.3) is 11.1 Å². The van der Waals surface area contributed by atoms with Gasteiger partial charge in [-0.25, -0.2) is 4.79 Å². The van der Waals surface area contributed by atoms with Crippen LogP contribution >= 0.6 is 0 Å². The quantitative estimate of drug-likeness (QED) is 0.293.